The summed E-state index contributed by atoms with van der Waals surface area (Å²) >= 11 is 6.14. The molecule has 0 aliphatic carbocycles. The van der Waals surface area contributed by atoms with Crippen molar-refractivity contribution in [2.45, 2.75) is 12.8 Å². The molecule has 0 atom stereocenters. The van der Waals surface area contributed by atoms with Crippen LogP contribution in [0.1, 0.15) is 12.8 Å². The maximum Gasteiger partial charge on any atom is 0.119 e. The van der Waals surface area contributed by atoms with E-state index >= 15 is 0 Å². The maximum atomic E-state index is 6.14. The van der Waals surface area contributed by atoms with Crippen LogP contribution in [0.25, 0.3) is 21.8 Å². The van der Waals surface area contributed by atoms with Gasteiger partial charge in [-0.1, -0.05) is 11.6 Å². The van der Waals surface area contributed by atoms with Crippen molar-refractivity contribution in [3.63, 3.8) is 0 Å². The summed E-state index contributed by atoms with van der Waals surface area (Å²) < 4.78 is 10.5. The predicted molar refractivity (Wildman–Crippen MR) is 100 cm³/mol. The molecule has 0 spiro atoms. The Balaban J connectivity index is 2.05. The predicted octanol–water partition coefficient (Wildman–Crippen LogP) is 4.89. The van der Waals surface area contributed by atoms with Gasteiger partial charge in [-0.15, -0.1) is 0 Å². The van der Waals surface area contributed by atoms with E-state index in [1.165, 1.54) is 0 Å². The fourth-order valence-corrected chi connectivity index (χ4v) is 2.96. The molecule has 0 unspecified atom stereocenters. The number of rotatable bonds is 7. The largest absolute Gasteiger partial charge is 0.497 e. The van der Waals surface area contributed by atoms with Gasteiger partial charge < -0.3 is 14.8 Å². The number of benzene rings is 2. The number of aromatic nitrogens is 1. The van der Waals surface area contributed by atoms with Crippen molar-refractivity contribution in [1.82, 2.24) is 4.98 Å². The normalized spacial score (nSPS) is 11.1. The molecule has 24 heavy (non-hydrogen) atoms. The van der Waals surface area contributed by atoms with Gasteiger partial charge in [0.1, 0.15) is 5.75 Å². The van der Waals surface area contributed by atoms with Crippen LogP contribution in [0.15, 0.2) is 36.4 Å². The minimum absolute atomic E-state index is 0.689. The number of ether oxygens (including phenoxy) is 2. The first-order valence-corrected chi connectivity index (χ1v) is 8.40. The number of nitrogens with zero attached hydrogens (tertiary/aromatic N) is 1. The molecule has 0 saturated carbocycles. The van der Waals surface area contributed by atoms with Gasteiger partial charge in [0.05, 0.1) is 23.8 Å². The van der Waals surface area contributed by atoms with E-state index in [0.717, 1.165) is 59.2 Å². The minimum atomic E-state index is 0.689. The van der Waals surface area contributed by atoms with Crippen LogP contribution in [0.3, 0.4) is 0 Å². The fourth-order valence-electron chi connectivity index (χ4n) is 2.80. The van der Waals surface area contributed by atoms with Crippen molar-refractivity contribution >= 4 is 39.1 Å². The standard InChI is InChI=1S/C19H21ClN2O2/c1-23-10-4-3-9-21-19-15-7-5-13(20)11-18(15)22-17-8-6-14(24-2)12-16(17)19/h5-8,11-12H,3-4,9-10H2,1-2H3,(H,21,22). The molecular weight excluding hydrogens is 324 g/mol. The summed E-state index contributed by atoms with van der Waals surface area (Å²) in [5.41, 5.74) is 2.88. The zero-order valence-electron chi connectivity index (χ0n) is 13.9. The maximum absolute atomic E-state index is 6.14. The van der Waals surface area contributed by atoms with E-state index in [0.29, 0.717) is 5.02 Å². The highest BCUT2D eigenvalue weighted by Crippen LogP contribution is 2.34. The number of fused-ring (bicyclic) bond motifs is 2. The molecule has 0 amide bonds. The third-order valence-electron chi connectivity index (χ3n) is 4.02. The molecule has 4 nitrogen and oxygen atoms in total. The second-order valence-corrected chi connectivity index (χ2v) is 6.09. The number of hydrogen-bond acceptors (Lipinski definition) is 4. The molecule has 0 fully saturated rings. The number of unbranched alkanes of at least 4 members (excludes halogenated alkanes) is 1. The quantitative estimate of drug-likeness (QED) is 0.489. The molecule has 3 aromatic rings. The second kappa shape index (κ2) is 7.69. The Kier molecular flexibility index (Phi) is 5.38. The lowest BCUT2D eigenvalue weighted by Gasteiger charge is -2.14. The van der Waals surface area contributed by atoms with Crippen LogP contribution in [0.5, 0.6) is 5.75 Å². The first-order chi connectivity index (χ1) is 11.7. The van der Waals surface area contributed by atoms with E-state index < -0.39 is 0 Å². The summed E-state index contributed by atoms with van der Waals surface area (Å²) in [4.78, 5) is 4.73. The highest BCUT2D eigenvalue weighted by Gasteiger charge is 2.10. The summed E-state index contributed by atoms with van der Waals surface area (Å²) in [6.45, 7) is 1.65. The number of hydrogen-bond donors (Lipinski definition) is 1. The van der Waals surface area contributed by atoms with Gasteiger partial charge in [-0.25, -0.2) is 4.98 Å². The number of anilines is 1. The third kappa shape index (κ3) is 3.55. The molecule has 0 radical (unpaired) electrons. The van der Waals surface area contributed by atoms with Crippen molar-refractivity contribution in [3.05, 3.63) is 41.4 Å². The summed E-state index contributed by atoms with van der Waals surface area (Å²) in [7, 11) is 3.40. The molecule has 0 aliphatic heterocycles. The van der Waals surface area contributed by atoms with E-state index in [9.17, 15) is 0 Å². The van der Waals surface area contributed by atoms with Gasteiger partial charge in [-0.05, 0) is 49.2 Å². The molecule has 2 aromatic carbocycles. The highest BCUT2D eigenvalue weighted by atomic mass is 35.5. The molecule has 1 aromatic heterocycles. The summed E-state index contributed by atoms with van der Waals surface area (Å²) in [5.74, 6) is 0.819. The fraction of sp³-hybridized carbons (Fsp3) is 0.316. The van der Waals surface area contributed by atoms with Crippen LogP contribution in [-0.2, 0) is 4.74 Å². The van der Waals surface area contributed by atoms with E-state index in [1.54, 1.807) is 14.2 Å². The van der Waals surface area contributed by atoms with Gasteiger partial charge in [0.15, 0.2) is 0 Å². The monoisotopic (exact) mass is 344 g/mol. The van der Waals surface area contributed by atoms with Crippen molar-refractivity contribution in [1.29, 1.82) is 0 Å². The molecule has 3 rings (SSSR count). The number of methoxy groups -OCH3 is 2. The summed E-state index contributed by atoms with van der Waals surface area (Å²) in [6, 6.07) is 11.7. The van der Waals surface area contributed by atoms with E-state index in [-0.39, 0.29) is 0 Å². The Labute approximate surface area is 146 Å². The third-order valence-corrected chi connectivity index (χ3v) is 4.26. The molecule has 126 valence electrons. The van der Waals surface area contributed by atoms with Crippen LogP contribution in [0.2, 0.25) is 5.02 Å². The Morgan fingerprint density at radius 1 is 1.00 bits per heavy atom. The molecule has 1 heterocycles. The summed E-state index contributed by atoms with van der Waals surface area (Å²) in [6.07, 6.45) is 2.07. The van der Waals surface area contributed by atoms with Crippen LogP contribution in [-0.4, -0.2) is 32.4 Å². The minimum Gasteiger partial charge on any atom is -0.497 e. The zero-order valence-corrected chi connectivity index (χ0v) is 14.7. The van der Waals surface area contributed by atoms with Gasteiger partial charge in [-0.3, -0.25) is 0 Å². The van der Waals surface area contributed by atoms with Gasteiger partial charge in [0.2, 0.25) is 0 Å². The molecular formula is C19H21ClN2O2. The number of nitrogens with one attached hydrogen (secondary N) is 1. The smallest absolute Gasteiger partial charge is 0.119 e. The van der Waals surface area contributed by atoms with Crippen LogP contribution in [0.4, 0.5) is 5.69 Å². The van der Waals surface area contributed by atoms with Gasteiger partial charge in [0.25, 0.3) is 0 Å². The van der Waals surface area contributed by atoms with Gasteiger partial charge in [0, 0.05) is 36.1 Å². The zero-order chi connectivity index (χ0) is 16.9. The van der Waals surface area contributed by atoms with E-state index in [2.05, 4.69) is 5.32 Å². The van der Waals surface area contributed by atoms with Crippen molar-refractivity contribution in [2.24, 2.45) is 0 Å². The lowest BCUT2D eigenvalue weighted by molar-refractivity contribution is 0.194. The first kappa shape index (κ1) is 16.8. The van der Waals surface area contributed by atoms with Gasteiger partial charge in [-0.2, -0.15) is 0 Å². The molecule has 0 bridgehead atoms. The number of pyridine rings is 1. The summed E-state index contributed by atoms with van der Waals surface area (Å²) in [5, 5.41) is 6.37. The Morgan fingerprint density at radius 2 is 1.88 bits per heavy atom. The molecule has 0 aliphatic rings. The van der Waals surface area contributed by atoms with Crippen molar-refractivity contribution in [2.75, 3.05) is 32.7 Å². The lowest BCUT2D eigenvalue weighted by atomic mass is 10.1. The van der Waals surface area contributed by atoms with E-state index in [1.807, 2.05) is 36.4 Å². The molecule has 0 saturated heterocycles. The Morgan fingerprint density at radius 3 is 2.67 bits per heavy atom. The lowest BCUT2D eigenvalue weighted by Crippen LogP contribution is -2.05. The molecule has 1 N–H and O–H groups in total. The van der Waals surface area contributed by atoms with Crippen LogP contribution >= 0.6 is 11.6 Å². The number of halogens is 1. The SMILES string of the molecule is COCCCCNc1c2ccc(Cl)cc2nc2ccc(OC)cc12. The van der Waals surface area contributed by atoms with Crippen molar-refractivity contribution in [3.8, 4) is 5.75 Å². The van der Waals surface area contributed by atoms with E-state index in [4.69, 9.17) is 26.1 Å². The second-order valence-electron chi connectivity index (χ2n) is 5.66. The molecule has 5 heteroatoms. The Hall–Kier alpha value is -2.04. The highest BCUT2D eigenvalue weighted by molar-refractivity contribution is 6.31. The average Bonchev–Trinajstić information content (AvgIpc) is 2.60. The van der Waals surface area contributed by atoms with Crippen LogP contribution < -0.4 is 10.1 Å². The Bertz CT molecular complexity index is 852. The first-order valence-electron chi connectivity index (χ1n) is 8.03. The topological polar surface area (TPSA) is 43.4 Å². The van der Waals surface area contributed by atoms with Crippen molar-refractivity contribution < 1.29 is 9.47 Å². The van der Waals surface area contributed by atoms with Gasteiger partial charge >= 0.3 is 0 Å². The average molecular weight is 345 g/mol. The van der Waals surface area contributed by atoms with Crippen LogP contribution in [0, 0.1) is 0 Å².